The van der Waals surface area contributed by atoms with Gasteiger partial charge in [0, 0.05) is 13.1 Å². The summed E-state index contributed by atoms with van der Waals surface area (Å²) in [5.41, 5.74) is 9.78. The molecule has 0 bridgehead atoms. The van der Waals surface area contributed by atoms with Gasteiger partial charge < -0.3 is 16.4 Å². The van der Waals surface area contributed by atoms with Crippen molar-refractivity contribution in [1.29, 1.82) is 5.41 Å². The Bertz CT molecular complexity index is 107. The minimum absolute atomic E-state index is 0.231. The molecule has 66 valence electrons. The first kappa shape index (κ1) is 10.2. The minimum Gasteiger partial charge on any atom is -0.370 e. The van der Waals surface area contributed by atoms with Gasteiger partial charge in [-0.05, 0) is 26.3 Å². The number of guanidine groups is 1. The standard InChI is InChI=1S/C6H13N3.CH5N/c7-6(8)9-4-2-1-3-5-9;1-2/h1-5H2,(H3,7,8);2H2,1H3. The molecule has 0 aromatic heterocycles. The first-order chi connectivity index (χ1) is 5.30. The van der Waals surface area contributed by atoms with Crippen molar-refractivity contribution in [3.63, 3.8) is 0 Å². The van der Waals surface area contributed by atoms with Gasteiger partial charge in [0.2, 0.25) is 0 Å². The number of likely N-dealkylation sites (tertiary alicyclic amines) is 1. The molecule has 0 aromatic rings. The molecule has 1 rings (SSSR count). The molecule has 0 radical (unpaired) electrons. The first-order valence-corrected chi connectivity index (χ1v) is 3.97. The third-order valence-corrected chi connectivity index (χ3v) is 1.70. The second-order valence-corrected chi connectivity index (χ2v) is 2.43. The fraction of sp³-hybridized carbons (Fsp3) is 0.857. The van der Waals surface area contributed by atoms with Crippen LogP contribution >= 0.6 is 0 Å². The van der Waals surface area contributed by atoms with Crippen LogP contribution in [0.2, 0.25) is 0 Å². The van der Waals surface area contributed by atoms with Gasteiger partial charge in [-0.15, -0.1) is 0 Å². The molecule has 0 aliphatic carbocycles. The van der Waals surface area contributed by atoms with E-state index in [1.807, 2.05) is 4.90 Å². The molecule has 1 heterocycles. The molecule has 1 aliphatic rings. The largest absolute Gasteiger partial charge is 0.370 e. The van der Waals surface area contributed by atoms with E-state index >= 15 is 0 Å². The van der Waals surface area contributed by atoms with Crippen LogP contribution in [-0.2, 0) is 0 Å². The molecule has 0 aromatic carbocycles. The summed E-state index contributed by atoms with van der Waals surface area (Å²) < 4.78 is 0. The van der Waals surface area contributed by atoms with Gasteiger partial charge in [0.15, 0.2) is 5.96 Å². The molecular weight excluding hydrogens is 140 g/mol. The second kappa shape index (κ2) is 5.97. The molecule has 0 spiro atoms. The number of rotatable bonds is 0. The summed E-state index contributed by atoms with van der Waals surface area (Å²) >= 11 is 0. The zero-order chi connectivity index (χ0) is 8.69. The fourth-order valence-corrected chi connectivity index (χ4v) is 1.13. The van der Waals surface area contributed by atoms with Crippen molar-refractivity contribution in [1.82, 2.24) is 4.90 Å². The molecule has 0 unspecified atom stereocenters. The summed E-state index contributed by atoms with van der Waals surface area (Å²) in [4.78, 5) is 1.92. The highest BCUT2D eigenvalue weighted by Crippen LogP contribution is 2.06. The molecule has 0 amide bonds. The molecule has 1 aliphatic heterocycles. The van der Waals surface area contributed by atoms with Crippen LogP contribution in [0.1, 0.15) is 19.3 Å². The van der Waals surface area contributed by atoms with Crippen LogP contribution in [0.15, 0.2) is 0 Å². The van der Waals surface area contributed by atoms with Gasteiger partial charge in [0.25, 0.3) is 0 Å². The van der Waals surface area contributed by atoms with Gasteiger partial charge in [0.1, 0.15) is 0 Å². The summed E-state index contributed by atoms with van der Waals surface area (Å²) in [5.74, 6) is 0.231. The first-order valence-electron chi connectivity index (χ1n) is 3.97. The topological polar surface area (TPSA) is 79.1 Å². The van der Waals surface area contributed by atoms with Gasteiger partial charge in [-0.1, -0.05) is 0 Å². The summed E-state index contributed by atoms with van der Waals surface area (Å²) in [7, 11) is 1.50. The van der Waals surface area contributed by atoms with Gasteiger partial charge in [-0.3, -0.25) is 5.41 Å². The van der Waals surface area contributed by atoms with E-state index in [1.54, 1.807) is 0 Å². The maximum Gasteiger partial charge on any atom is 0.188 e. The highest BCUT2D eigenvalue weighted by Gasteiger charge is 2.09. The summed E-state index contributed by atoms with van der Waals surface area (Å²) in [6.07, 6.45) is 3.68. The number of nitrogens with two attached hydrogens (primary N) is 2. The Balaban J connectivity index is 0.000000461. The van der Waals surface area contributed by atoms with Gasteiger partial charge >= 0.3 is 0 Å². The van der Waals surface area contributed by atoms with E-state index in [0.29, 0.717) is 0 Å². The van der Waals surface area contributed by atoms with Gasteiger partial charge in [-0.2, -0.15) is 0 Å². The third kappa shape index (κ3) is 3.83. The molecule has 1 saturated heterocycles. The zero-order valence-corrected chi connectivity index (χ0v) is 7.14. The number of hydrogen-bond donors (Lipinski definition) is 3. The summed E-state index contributed by atoms with van der Waals surface area (Å²) in [5, 5.41) is 7.09. The maximum atomic E-state index is 7.09. The number of piperidine rings is 1. The van der Waals surface area contributed by atoms with Crippen LogP contribution < -0.4 is 11.5 Å². The predicted octanol–water partition coefficient (Wildman–Crippen LogP) is -0.0593. The van der Waals surface area contributed by atoms with E-state index in [-0.39, 0.29) is 5.96 Å². The molecule has 5 N–H and O–H groups in total. The normalized spacial score (nSPS) is 16.7. The van der Waals surface area contributed by atoms with Gasteiger partial charge in [-0.25, -0.2) is 0 Å². The average Bonchev–Trinajstić information content (AvgIpc) is 2.10. The Morgan fingerprint density at radius 3 is 1.91 bits per heavy atom. The number of nitrogens with zero attached hydrogens (tertiary/aromatic N) is 1. The quantitative estimate of drug-likeness (QED) is 0.341. The van der Waals surface area contributed by atoms with Gasteiger partial charge in [0.05, 0.1) is 0 Å². The van der Waals surface area contributed by atoms with Crippen molar-refractivity contribution < 1.29 is 0 Å². The van der Waals surface area contributed by atoms with E-state index in [2.05, 4.69) is 5.73 Å². The SMILES string of the molecule is CN.N=C(N)N1CCCCC1. The highest BCUT2D eigenvalue weighted by atomic mass is 15.2. The lowest BCUT2D eigenvalue weighted by atomic mass is 10.1. The van der Waals surface area contributed by atoms with Crippen molar-refractivity contribution in [2.75, 3.05) is 20.1 Å². The fourth-order valence-electron chi connectivity index (χ4n) is 1.13. The van der Waals surface area contributed by atoms with Crippen molar-refractivity contribution in [2.45, 2.75) is 19.3 Å². The predicted molar refractivity (Wildman–Crippen MR) is 47.4 cm³/mol. The Labute approximate surface area is 68.1 Å². The van der Waals surface area contributed by atoms with Crippen molar-refractivity contribution >= 4 is 5.96 Å². The lowest BCUT2D eigenvalue weighted by Crippen LogP contribution is -2.39. The van der Waals surface area contributed by atoms with E-state index in [9.17, 15) is 0 Å². The lowest BCUT2D eigenvalue weighted by Gasteiger charge is -2.26. The van der Waals surface area contributed by atoms with Crippen LogP contribution in [0, 0.1) is 5.41 Å². The Morgan fingerprint density at radius 1 is 1.18 bits per heavy atom. The second-order valence-electron chi connectivity index (χ2n) is 2.43. The van der Waals surface area contributed by atoms with Crippen LogP contribution in [0.3, 0.4) is 0 Å². The van der Waals surface area contributed by atoms with Crippen LogP contribution in [0.5, 0.6) is 0 Å². The maximum absolute atomic E-state index is 7.09. The molecule has 0 saturated carbocycles. The summed E-state index contributed by atoms with van der Waals surface area (Å²) in [6, 6.07) is 0. The Hall–Kier alpha value is -0.770. The smallest absolute Gasteiger partial charge is 0.188 e. The molecule has 4 heteroatoms. The highest BCUT2D eigenvalue weighted by molar-refractivity contribution is 5.74. The van der Waals surface area contributed by atoms with Crippen LogP contribution in [0.25, 0.3) is 0 Å². The number of hydrogen-bond acceptors (Lipinski definition) is 2. The summed E-state index contributed by atoms with van der Waals surface area (Å²) in [6.45, 7) is 1.96. The zero-order valence-electron chi connectivity index (χ0n) is 7.14. The molecule has 11 heavy (non-hydrogen) atoms. The molecule has 4 nitrogen and oxygen atoms in total. The van der Waals surface area contributed by atoms with Crippen LogP contribution in [0.4, 0.5) is 0 Å². The Morgan fingerprint density at radius 2 is 1.64 bits per heavy atom. The lowest BCUT2D eigenvalue weighted by molar-refractivity contribution is 0.337. The van der Waals surface area contributed by atoms with Crippen molar-refractivity contribution in [2.24, 2.45) is 11.5 Å². The average molecular weight is 158 g/mol. The van der Waals surface area contributed by atoms with E-state index in [1.165, 1.54) is 26.3 Å². The molecule has 0 atom stereocenters. The minimum atomic E-state index is 0.231. The van der Waals surface area contributed by atoms with E-state index < -0.39 is 0 Å². The number of nitrogens with one attached hydrogen (secondary N) is 1. The Kier molecular flexibility index (Phi) is 5.56. The van der Waals surface area contributed by atoms with Crippen molar-refractivity contribution in [3.05, 3.63) is 0 Å². The molecular formula is C7H18N4. The van der Waals surface area contributed by atoms with E-state index in [0.717, 1.165) is 13.1 Å². The third-order valence-electron chi connectivity index (χ3n) is 1.70. The monoisotopic (exact) mass is 158 g/mol. The van der Waals surface area contributed by atoms with Crippen molar-refractivity contribution in [3.8, 4) is 0 Å². The van der Waals surface area contributed by atoms with E-state index in [4.69, 9.17) is 11.1 Å². The van der Waals surface area contributed by atoms with Crippen LogP contribution in [-0.4, -0.2) is 31.0 Å². The molecule has 1 fully saturated rings.